The van der Waals surface area contributed by atoms with Crippen molar-refractivity contribution in [3.8, 4) is 0 Å². The molecule has 1 amide bonds. The van der Waals surface area contributed by atoms with Crippen molar-refractivity contribution in [3.05, 3.63) is 10.2 Å². The van der Waals surface area contributed by atoms with E-state index in [4.69, 9.17) is 4.74 Å². The fraction of sp³-hybridized carbons (Fsp3) is 0.600. The van der Waals surface area contributed by atoms with Crippen molar-refractivity contribution < 1.29 is 14.3 Å². The summed E-state index contributed by atoms with van der Waals surface area (Å²) in [6.07, 6.45) is 0. The molecular formula is C10H16BrNO3. The smallest absolute Gasteiger partial charge is 0.356 e. The number of nitrogens with one attached hydrogen (secondary N) is 1. The van der Waals surface area contributed by atoms with Gasteiger partial charge in [-0.1, -0.05) is 15.9 Å². The Balaban J connectivity index is 4.75. The second-order valence-corrected chi connectivity index (χ2v) is 5.28. The molecule has 0 aliphatic heterocycles. The van der Waals surface area contributed by atoms with E-state index in [1.807, 2.05) is 0 Å². The van der Waals surface area contributed by atoms with Gasteiger partial charge in [-0.05, 0) is 27.7 Å². The number of allylic oxidation sites excluding steroid dienone is 1. The number of hydrogen-bond donors (Lipinski definition) is 1. The monoisotopic (exact) mass is 277 g/mol. The number of carbonyl (C=O) groups is 2. The van der Waals surface area contributed by atoms with Crippen LogP contribution in [0.25, 0.3) is 0 Å². The van der Waals surface area contributed by atoms with Crippen molar-refractivity contribution >= 4 is 27.8 Å². The minimum Gasteiger partial charge on any atom is -0.455 e. The van der Waals surface area contributed by atoms with Gasteiger partial charge < -0.3 is 10.1 Å². The van der Waals surface area contributed by atoms with E-state index in [1.54, 1.807) is 27.7 Å². The molecule has 0 aromatic rings. The second kappa shape index (κ2) is 5.30. The molecule has 0 bridgehead atoms. The van der Waals surface area contributed by atoms with Gasteiger partial charge in [0.15, 0.2) is 0 Å². The number of halogens is 1. The molecule has 0 heterocycles. The molecular weight excluding hydrogens is 262 g/mol. The molecule has 0 saturated heterocycles. The van der Waals surface area contributed by atoms with Crippen LogP contribution in [0.15, 0.2) is 10.2 Å². The highest BCUT2D eigenvalue weighted by atomic mass is 79.9. The third kappa shape index (κ3) is 6.28. The van der Waals surface area contributed by atoms with E-state index >= 15 is 0 Å². The number of esters is 1. The lowest BCUT2D eigenvalue weighted by Crippen LogP contribution is -2.32. The van der Waals surface area contributed by atoms with Crippen molar-refractivity contribution in [2.45, 2.75) is 40.2 Å². The van der Waals surface area contributed by atoms with Crippen LogP contribution in [0.2, 0.25) is 0 Å². The lowest BCUT2D eigenvalue weighted by Gasteiger charge is -2.20. The van der Waals surface area contributed by atoms with E-state index in [9.17, 15) is 9.59 Å². The van der Waals surface area contributed by atoms with Crippen LogP contribution in [-0.4, -0.2) is 17.5 Å². The molecule has 0 fully saturated rings. The maximum absolute atomic E-state index is 11.6. The maximum Gasteiger partial charge on any atom is 0.356 e. The Morgan fingerprint density at radius 3 is 1.93 bits per heavy atom. The molecule has 1 N–H and O–H groups in total. The molecule has 0 spiro atoms. The summed E-state index contributed by atoms with van der Waals surface area (Å²) >= 11 is 3.14. The summed E-state index contributed by atoms with van der Waals surface area (Å²) in [6, 6.07) is 0. The summed E-state index contributed by atoms with van der Waals surface area (Å²) in [4.78, 5) is 22.5. The fourth-order valence-electron chi connectivity index (χ4n) is 0.783. The first kappa shape index (κ1) is 14.2. The normalized spacial score (nSPS) is 12.9. The summed E-state index contributed by atoms with van der Waals surface area (Å²) in [5, 5.41) is 2.42. The highest BCUT2D eigenvalue weighted by Crippen LogP contribution is 2.15. The summed E-state index contributed by atoms with van der Waals surface area (Å²) in [7, 11) is 0. The molecule has 0 aliphatic rings. The first-order valence-electron chi connectivity index (χ1n) is 4.51. The van der Waals surface area contributed by atoms with Gasteiger partial charge in [-0.25, -0.2) is 4.79 Å². The Bertz CT molecular complexity index is 298. The Kier molecular flexibility index (Phi) is 5.00. The second-order valence-electron chi connectivity index (χ2n) is 4.09. The molecule has 0 unspecified atom stereocenters. The molecule has 0 saturated carbocycles. The average molecular weight is 278 g/mol. The van der Waals surface area contributed by atoms with Gasteiger partial charge in [0.05, 0.1) is 0 Å². The molecule has 0 aromatic carbocycles. The fourth-order valence-corrected chi connectivity index (χ4v) is 1.04. The molecule has 0 aromatic heterocycles. The van der Waals surface area contributed by atoms with Crippen LogP contribution in [-0.2, 0) is 14.3 Å². The molecule has 86 valence electrons. The molecule has 0 aliphatic carbocycles. The molecule has 4 nitrogen and oxygen atoms in total. The van der Waals surface area contributed by atoms with Gasteiger partial charge in [0, 0.05) is 11.4 Å². The van der Waals surface area contributed by atoms with Crippen molar-refractivity contribution in [1.82, 2.24) is 5.32 Å². The summed E-state index contributed by atoms with van der Waals surface area (Å²) in [5.41, 5.74) is -0.444. The number of amides is 1. The molecule has 0 rings (SSSR count). The van der Waals surface area contributed by atoms with Crippen LogP contribution in [0.1, 0.15) is 34.6 Å². The predicted octanol–water partition coefficient (Wildman–Crippen LogP) is 2.09. The Morgan fingerprint density at radius 1 is 1.20 bits per heavy atom. The Labute approximate surface area is 98.2 Å². The molecule has 0 radical (unpaired) electrons. The first-order valence-corrected chi connectivity index (χ1v) is 5.30. The lowest BCUT2D eigenvalue weighted by atomic mass is 10.2. The van der Waals surface area contributed by atoms with Gasteiger partial charge in [0.1, 0.15) is 11.3 Å². The number of rotatable bonds is 2. The van der Waals surface area contributed by atoms with Crippen LogP contribution in [0.3, 0.4) is 0 Å². The SMILES string of the molecule is CC(=O)N/C(C(=O)OC(C)(C)C)=C(/C)Br. The zero-order chi connectivity index (χ0) is 12.2. The minimum absolute atomic E-state index is 0.137. The Hall–Kier alpha value is -0.840. The van der Waals surface area contributed by atoms with E-state index < -0.39 is 11.6 Å². The third-order valence-electron chi connectivity index (χ3n) is 1.25. The van der Waals surface area contributed by atoms with Gasteiger partial charge >= 0.3 is 5.97 Å². The van der Waals surface area contributed by atoms with Crippen LogP contribution in [0, 0.1) is 0 Å². The van der Waals surface area contributed by atoms with Gasteiger partial charge in [-0.3, -0.25) is 4.79 Å². The molecule has 0 atom stereocenters. The quantitative estimate of drug-likeness (QED) is 0.621. The topological polar surface area (TPSA) is 55.4 Å². The van der Waals surface area contributed by atoms with E-state index in [0.717, 1.165) is 0 Å². The Morgan fingerprint density at radius 2 is 1.67 bits per heavy atom. The van der Waals surface area contributed by atoms with Crippen LogP contribution < -0.4 is 5.32 Å². The predicted molar refractivity (Wildman–Crippen MR) is 61.3 cm³/mol. The van der Waals surface area contributed by atoms with Crippen molar-refractivity contribution in [1.29, 1.82) is 0 Å². The van der Waals surface area contributed by atoms with Gasteiger partial charge in [0.25, 0.3) is 0 Å². The van der Waals surface area contributed by atoms with E-state index in [-0.39, 0.29) is 11.6 Å². The zero-order valence-electron chi connectivity index (χ0n) is 9.60. The number of hydrogen-bond acceptors (Lipinski definition) is 3. The molecule has 5 heteroatoms. The molecule has 15 heavy (non-hydrogen) atoms. The van der Waals surface area contributed by atoms with E-state index in [1.165, 1.54) is 6.92 Å². The van der Waals surface area contributed by atoms with Crippen LogP contribution in [0.4, 0.5) is 0 Å². The standard InChI is InChI=1S/C10H16BrNO3/c1-6(11)8(12-7(2)13)9(14)15-10(3,4)5/h1-5H3,(H,12,13)/b8-6-. The van der Waals surface area contributed by atoms with E-state index in [2.05, 4.69) is 21.2 Å². The van der Waals surface area contributed by atoms with Crippen LogP contribution in [0.5, 0.6) is 0 Å². The minimum atomic E-state index is -0.580. The van der Waals surface area contributed by atoms with E-state index in [0.29, 0.717) is 4.48 Å². The third-order valence-corrected chi connectivity index (χ3v) is 1.65. The summed E-state index contributed by atoms with van der Waals surface area (Å²) < 4.78 is 5.65. The number of carbonyl (C=O) groups excluding carboxylic acids is 2. The summed E-state index contributed by atoms with van der Waals surface area (Å²) in [6.45, 7) is 8.29. The van der Waals surface area contributed by atoms with Gasteiger partial charge in [0.2, 0.25) is 5.91 Å². The summed E-state index contributed by atoms with van der Waals surface area (Å²) in [5.74, 6) is -0.860. The largest absolute Gasteiger partial charge is 0.455 e. The van der Waals surface area contributed by atoms with Gasteiger partial charge in [-0.2, -0.15) is 0 Å². The van der Waals surface area contributed by atoms with Gasteiger partial charge in [-0.15, -0.1) is 0 Å². The lowest BCUT2D eigenvalue weighted by molar-refractivity contribution is -0.151. The average Bonchev–Trinajstić information content (AvgIpc) is 1.95. The zero-order valence-corrected chi connectivity index (χ0v) is 11.2. The highest BCUT2D eigenvalue weighted by molar-refractivity contribution is 9.11. The van der Waals surface area contributed by atoms with Crippen molar-refractivity contribution in [2.24, 2.45) is 0 Å². The van der Waals surface area contributed by atoms with Crippen molar-refractivity contribution in [2.75, 3.05) is 0 Å². The number of ether oxygens (including phenoxy) is 1. The van der Waals surface area contributed by atoms with Crippen molar-refractivity contribution in [3.63, 3.8) is 0 Å². The first-order chi connectivity index (χ1) is 6.63. The maximum atomic E-state index is 11.6. The van der Waals surface area contributed by atoms with Crippen LogP contribution >= 0.6 is 15.9 Å². The highest BCUT2D eigenvalue weighted by Gasteiger charge is 2.21.